The molecular weight excluding hydrogens is 444 g/mol. The van der Waals surface area contributed by atoms with E-state index in [2.05, 4.69) is 59.4 Å². The smallest absolute Gasteiger partial charge is 0.0901 e. The molecule has 0 bridgehead atoms. The predicted molar refractivity (Wildman–Crippen MR) is 74.9 cm³/mol. The first-order chi connectivity index (χ1) is 6.59. The maximum atomic E-state index is 6.08. The molecule has 0 saturated carbocycles. The van der Waals surface area contributed by atoms with Gasteiger partial charge in [-0.3, -0.25) is 4.98 Å². The summed E-state index contributed by atoms with van der Waals surface area (Å²) in [6.45, 7) is 0. The highest BCUT2D eigenvalue weighted by Gasteiger charge is 2.08. The number of pyridine rings is 1. The van der Waals surface area contributed by atoms with E-state index >= 15 is 0 Å². The molecule has 0 saturated heterocycles. The summed E-state index contributed by atoms with van der Waals surface area (Å²) in [6, 6.07) is 3.95. The predicted octanol–water partition coefficient (Wildman–Crippen LogP) is 5.02. The molecule has 0 fully saturated rings. The molecule has 0 aliphatic carbocycles. The lowest BCUT2D eigenvalue weighted by molar-refractivity contribution is 1.37. The molecule has 2 rings (SSSR count). The third kappa shape index (κ3) is 1.94. The molecular formula is C9H3Br2ClIN. The Morgan fingerprint density at radius 2 is 2.00 bits per heavy atom. The van der Waals surface area contributed by atoms with Crippen molar-refractivity contribution < 1.29 is 0 Å². The van der Waals surface area contributed by atoms with Crippen LogP contribution in [0.4, 0.5) is 0 Å². The van der Waals surface area contributed by atoms with E-state index in [-0.39, 0.29) is 0 Å². The van der Waals surface area contributed by atoms with Gasteiger partial charge in [0.15, 0.2) is 0 Å². The minimum Gasteiger partial charge on any atom is -0.253 e. The number of nitrogens with zero attached hydrogens (tertiary/aromatic N) is 1. The highest BCUT2D eigenvalue weighted by atomic mass is 127. The van der Waals surface area contributed by atoms with Crippen molar-refractivity contribution in [1.82, 2.24) is 4.98 Å². The highest BCUT2D eigenvalue weighted by molar-refractivity contribution is 14.1. The molecule has 0 unspecified atom stereocenters. The Kier molecular flexibility index (Phi) is 3.36. The van der Waals surface area contributed by atoms with Gasteiger partial charge in [-0.05, 0) is 66.6 Å². The van der Waals surface area contributed by atoms with E-state index in [1.54, 1.807) is 6.20 Å². The van der Waals surface area contributed by atoms with Crippen molar-refractivity contribution in [3.8, 4) is 0 Å². The van der Waals surface area contributed by atoms with Gasteiger partial charge in [0.25, 0.3) is 0 Å². The summed E-state index contributed by atoms with van der Waals surface area (Å²) in [5, 5.41) is 1.70. The normalized spacial score (nSPS) is 10.9. The second-order valence-electron chi connectivity index (χ2n) is 2.70. The first kappa shape index (κ1) is 11.1. The van der Waals surface area contributed by atoms with Crippen molar-refractivity contribution in [3.63, 3.8) is 0 Å². The molecule has 1 aromatic carbocycles. The van der Waals surface area contributed by atoms with Crippen LogP contribution < -0.4 is 0 Å². The summed E-state index contributed by atoms with van der Waals surface area (Å²) in [5.74, 6) is 0. The molecule has 2 aromatic rings. The summed E-state index contributed by atoms with van der Waals surface area (Å²) in [4.78, 5) is 4.27. The SMILES string of the molecule is Clc1cc(I)cc2c(Br)c(Br)cnc12. The van der Waals surface area contributed by atoms with Gasteiger partial charge < -0.3 is 0 Å². The molecule has 1 nitrogen and oxygen atoms in total. The van der Waals surface area contributed by atoms with Gasteiger partial charge in [-0.25, -0.2) is 0 Å². The van der Waals surface area contributed by atoms with Crippen molar-refractivity contribution in [2.75, 3.05) is 0 Å². The van der Waals surface area contributed by atoms with E-state index in [4.69, 9.17) is 11.6 Å². The average Bonchev–Trinajstić information content (AvgIpc) is 2.12. The van der Waals surface area contributed by atoms with Crippen molar-refractivity contribution >= 4 is 77.0 Å². The maximum Gasteiger partial charge on any atom is 0.0901 e. The Balaban J connectivity index is 2.95. The second kappa shape index (κ2) is 4.23. The molecule has 0 aliphatic heterocycles. The van der Waals surface area contributed by atoms with Gasteiger partial charge >= 0.3 is 0 Å². The van der Waals surface area contributed by atoms with Gasteiger partial charge in [0.2, 0.25) is 0 Å². The summed E-state index contributed by atoms with van der Waals surface area (Å²) in [7, 11) is 0. The zero-order chi connectivity index (χ0) is 10.3. The number of fused-ring (bicyclic) bond motifs is 1. The molecule has 1 aromatic heterocycles. The van der Waals surface area contributed by atoms with Crippen molar-refractivity contribution in [2.24, 2.45) is 0 Å². The van der Waals surface area contributed by atoms with Crippen LogP contribution in [0.5, 0.6) is 0 Å². The Labute approximate surface area is 117 Å². The van der Waals surface area contributed by atoms with Gasteiger partial charge in [0, 0.05) is 19.6 Å². The van der Waals surface area contributed by atoms with Crippen LogP contribution >= 0.6 is 66.1 Å². The van der Waals surface area contributed by atoms with E-state index in [0.29, 0.717) is 5.02 Å². The fourth-order valence-corrected chi connectivity index (χ4v) is 2.97. The lowest BCUT2D eigenvalue weighted by atomic mass is 10.2. The van der Waals surface area contributed by atoms with E-state index in [1.807, 2.05) is 12.1 Å². The van der Waals surface area contributed by atoms with Crippen LogP contribution in [0.2, 0.25) is 5.02 Å². The fourth-order valence-electron chi connectivity index (χ4n) is 1.17. The van der Waals surface area contributed by atoms with E-state index in [1.165, 1.54) is 0 Å². The second-order valence-corrected chi connectivity index (χ2v) is 6.00. The standard InChI is InChI=1S/C9H3Br2ClIN/c10-6-3-14-9-5(8(6)11)1-4(13)2-7(9)12/h1-3H. The number of hydrogen-bond donors (Lipinski definition) is 0. The molecule has 0 aliphatic rings. The molecule has 0 N–H and O–H groups in total. The fraction of sp³-hybridized carbons (Fsp3) is 0. The third-order valence-corrected chi connectivity index (χ3v) is 4.68. The summed E-state index contributed by atoms with van der Waals surface area (Å²) >= 11 is 15.2. The zero-order valence-electron chi connectivity index (χ0n) is 6.69. The van der Waals surface area contributed by atoms with Crippen molar-refractivity contribution in [1.29, 1.82) is 0 Å². The molecule has 14 heavy (non-hydrogen) atoms. The first-order valence-corrected chi connectivity index (χ1v) is 6.72. The first-order valence-electron chi connectivity index (χ1n) is 3.68. The minimum atomic E-state index is 0.681. The average molecular weight is 447 g/mol. The number of benzene rings is 1. The number of halogens is 4. The molecule has 5 heteroatoms. The van der Waals surface area contributed by atoms with Crippen LogP contribution in [0.1, 0.15) is 0 Å². The highest BCUT2D eigenvalue weighted by Crippen LogP contribution is 2.34. The van der Waals surface area contributed by atoms with E-state index in [0.717, 1.165) is 23.4 Å². The van der Waals surface area contributed by atoms with Crippen molar-refractivity contribution in [2.45, 2.75) is 0 Å². The zero-order valence-corrected chi connectivity index (χ0v) is 12.8. The lowest BCUT2D eigenvalue weighted by Crippen LogP contribution is -1.84. The summed E-state index contributed by atoms with van der Waals surface area (Å²) in [5.41, 5.74) is 0.821. The van der Waals surface area contributed by atoms with Gasteiger partial charge in [0.1, 0.15) is 0 Å². The van der Waals surface area contributed by atoms with Crippen LogP contribution in [0.15, 0.2) is 27.3 Å². The molecule has 0 amide bonds. The van der Waals surface area contributed by atoms with Crippen LogP contribution in [-0.2, 0) is 0 Å². The molecule has 72 valence electrons. The number of aromatic nitrogens is 1. The van der Waals surface area contributed by atoms with Crippen molar-refractivity contribution in [3.05, 3.63) is 35.9 Å². The van der Waals surface area contributed by atoms with Crippen LogP contribution in [0.25, 0.3) is 10.9 Å². The largest absolute Gasteiger partial charge is 0.253 e. The van der Waals surface area contributed by atoms with Gasteiger partial charge in [-0.1, -0.05) is 11.6 Å². The molecule has 0 radical (unpaired) electrons. The Hall–Kier alpha value is 0.610. The van der Waals surface area contributed by atoms with Crippen LogP contribution in [0.3, 0.4) is 0 Å². The monoisotopic (exact) mass is 445 g/mol. The third-order valence-electron chi connectivity index (χ3n) is 1.78. The lowest BCUT2D eigenvalue weighted by Gasteiger charge is -2.04. The van der Waals surface area contributed by atoms with Crippen LogP contribution in [0, 0.1) is 3.57 Å². The summed E-state index contributed by atoms with van der Waals surface area (Å²) < 4.78 is 3.02. The Bertz CT molecular complexity index is 516. The minimum absolute atomic E-state index is 0.681. The topological polar surface area (TPSA) is 12.9 Å². The van der Waals surface area contributed by atoms with Crippen LogP contribution in [-0.4, -0.2) is 4.98 Å². The van der Waals surface area contributed by atoms with Gasteiger partial charge in [-0.2, -0.15) is 0 Å². The summed E-state index contributed by atoms with van der Waals surface area (Å²) in [6.07, 6.45) is 1.74. The van der Waals surface area contributed by atoms with Gasteiger partial charge in [-0.15, -0.1) is 0 Å². The van der Waals surface area contributed by atoms with E-state index < -0.39 is 0 Å². The number of hydrogen-bond acceptors (Lipinski definition) is 1. The number of rotatable bonds is 0. The molecule has 1 heterocycles. The molecule has 0 spiro atoms. The van der Waals surface area contributed by atoms with E-state index in [9.17, 15) is 0 Å². The quantitative estimate of drug-likeness (QED) is 0.517. The Morgan fingerprint density at radius 1 is 1.29 bits per heavy atom. The maximum absolute atomic E-state index is 6.08. The van der Waals surface area contributed by atoms with Gasteiger partial charge in [0.05, 0.1) is 15.0 Å². The Morgan fingerprint density at radius 3 is 2.71 bits per heavy atom. The molecule has 0 atom stereocenters.